The molecule has 1 aliphatic rings. The van der Waals surface area contributed by atoms with Crippen LogP contribution in [0.15, 0.2) is 58.8 Å². The molecule has 0 aromatic heterocycles. The molecule has 0 radical (unpaired) electrons. The van der Waals surface area contributed by atoms with E-state index in [9.17, 15) is 0 Å². The van der Waals surface area contributed by atoms with Crippen LogP contribution in [-0.4, -0.2) is 13.9 Å². The number of benzene rings is 2. The van der Waals surface area contributed by atoms with E-state index < -0.39 is 8.24 Å². The van der Waals surface area contributed by atoms with E-state index in [2.05, 4.69) is 108 Å². The summed E-state index contributed by atoms with van der Waals surface area (Å²) in [7, 11) is -1.95. The normalized spacial score (nSPS) is 16.0. The second kappa shape index (κ2) is 6.98. The largest absolute Gasteiger partial charge is 0.318 e. The summed E-state index contributed by atoms with van der Waals surface area (Å²) in [6.45, 7) is 15.6. The van der Waals surface area contributed by atoms with Crippen molar-refractivity contribution < 1.29 is 0 Å². The van der Waals surface area contributed by atoms with Crippen LogP contribution in [0.3, 0.4) is 0 Å². The average molecular weight is 372 g/mol. The lowest BCUT2D eigenvalue weighted by molar-refractivity contribution is 0.594. The van der Waals surface area contributed by atoms with Crippen molar-refractivity contribution in [1.29, 1.82) is 0 Å². The van der Waals surface area contributed by atoms with Gasteiger partial charge in [-0.15, -0.1) is 0 Å². The van der Waals surface area contributed by atoms with Gasteiger partial charge in [0.2, 0.25) is 8.24 Å². The van der Waals surface area contributed by atoms with Crippen molar-refractivity contribution in [3.63, 3.8) is 0 Å². The predicted molar refractivity (Wildman–Crippen MR) is 121 cm³/mol. The van der Waals surface area contributed by atoms with Crippen LogP contribution in [0, 0.1) is 31.1 Å². The van der Waals surface area contributed by atoms with Gasteiger partial charge in [0.05, 0.1) is 0 Å². The molecule has 3 rings (SSSR count). The molecule has 0 fully saturated rings. The summed E-state index contributed by atoms with van der Waals surface area (Å²) in [6, 6.07) is 17.3. The highest BCUT2D eigenvalue weighted by molar-refractivity contribution is 6.96. The fraction of sp³-hybridized carbons (Fsp3) is 0.320. The van der Waals surface area contributed by atoms with Crippen LogP contribution in [-0.2, 0) is 0 Å². The van der Waals surface area contributed by atoms with Gasteiger partial charge in [-0.1, -0.05) is 80.1 Å². The first kappa shape index (κ1) is 19.4. The van der Waals surface area contributed by atoms with E-state index in [1.165, 1.54) is 21.9 Å². The van der Waals surface area contributed by atoms with Crippen molar-refractivity contribution in [1.82, 2.24) is 0 Å². The third-order valence-corrected chi connectivity index (χ3v) is 7.47. The van der Waals surface area contributed by atoms with Crippen LogP contribution in [0.2, 0.25) is 13.1 Å². The second-order valence-electron chi connectivity index (χ2n) is 9.00. The van der Waals surface area contributed by atoms with E-state index >= 15 is 0 Å². The Bertz CT molecular complexity index is 970. The zero-order chi connectivity index (χ0) is 19.8. The summed E-state index contributed by atoms with van der Waals surface area (Å²) >= 11 is 0. The molecule has 0 bridgehead atoms. The van der Waals surface area contributed by atoms with Gasteiger partial charge in [0.15, 0.2) is 0 Å². The van der Waals surface area contributed by atoms with Gasteiger partial charge in [0.25, 0.3) is 0 Å². The van der Waals surface area contributed by atoms with Crippen molar-refractivity contribution in [2.45, 2.75) is 47.7 Å². The minimum absolute atomic E-state index is 0.0198. The van der Waals surface area contributed by atoms with Gasteiger partial charge in [-0.3, -0.25) is 0 Å². The van der Waals surface area contributed by atoms with Gasteiger partial charge in [0, 0.05) is 22.3 Å². The highest BCUT2D eigenvalue weighted by Gasteiger charge is 2.40. The fourth-order valence-electron chi connectivity index (χ4n) is 3.47. The molecular weight excluding hydrogens is 342 g/mol. The van der Waals surface area contributed by atoms with Crippen molar-refractivity contribution in [2.24, 2.45) is 10.1 Å². The highest BCUT2D eigenvalue weighted by Crippen LogP contribution is 2.40. The first-order valence-electron chi connectivity index (χ1n) is 9.59. The Morgan fingerprint density at radius 1 is 0.778 bits per heavy atom. The maximum atomic E-state index is 5.26. The molecule has 2 aromatic carbocycles. The Labute approximate surface area is 165 Å². The Morgan fingerprint density at radius 3 is 1.81 bits per heavy atom. The smallest absolute Gasteiger partial charge is 0.208 e. The molecule has 2 heteroatoms. The minimum atomic E-state index is -1.95. The van der Waals surface area contributed by atoms with Crippen LogP contribution in [0.1, 0.15) is 43.0 Å². The third kappa shape index (κ3) is 4.15. The van der Waals surface area contributed by atoms with Crippen LogP contribution in [0.25, 0.3) is 5.20 Å². The van der Waals surface area contributed by atoms with E-state index in [0.29, 0.717) is 0 Å². The molecule has 0 unspecified atom stereocenters. The summed E-state index contributed by atoms with van der Waals surface area (Å²) < 4.78 is 5.26. The van der Waals surface area contributed by atoms with E-state index in [0.717, 1.165) is 16.8 Å². The number of nitrogens with zero attached hydrogens (tertiary/aromatic N) is 1. The van der Waals surface area contributed by atoms with Crippen LogP contribution >= 0.6 is 0 Å². The summed E-state index contributed by atoms with van der Waals surface area (Å²) in [5.41, 5.74) is 7.14. The van der Waals surface area contributed by atoms with E-state index in [-0.39, 0.29) is 5.41 Å². The average Bonchev–Trinajstić information content (AvgIpc) is 2.86. The van der Waals surface area contributed by atoms with Gasteiger partial charge >= 0.3 is 0 Å². The van der Waals surface area contributed by atoms with E-state index in [1.807, 2.05) is 0 Å². The van der Waals surface area contributed by atoms with Crippen molar-refractivity contribution >= 4 is 19.1 Å². The van der Waals surface area contributed by atoms with Crippen LogP contribution in [0.4, 0.5) is 0 Å². The molecule has 1 aliphatic heterocycles. The molecule has 0 saturated heterocycles. The molecule has 1 nitrogen and oxygen atoms in total. The summed E-state index contributed by atoms with van der Waals surface area (Å²) in [5.74, 6) is 6.92. The molecule has 1 heterocycles. The molecule has 0 amide bonds. The lowest BCUT2D eigenvalue weighted by Gasteiger charge is -2.20. The minimum Gasteiger partial charge on any atom is -0.318 e. The second-order valence-corrected chi connectivity index (χ2v) is 12.8. The molecule has 27 heavy (non-hydrogen) atoms. The quantitative estimate of drug-likeness (QED) is 0.409. The molecule has 0 atom stereocenters. The monoisotopic (exact) mass is 371 g/mol. The molecule has 138 valence electrons. The molecule has 0 spiro atoms. The third-order valence-electron chi connectivity index (χ3n) is 4.92. The maximum absolute atomic E-state index is 5.26. The van der Waals surface area contributed by atoms with Crippen LogP contribution < -0.4 is 0 Å². The number of rotatable bonds is 1. The molecule has 0 saturated carbocycles. The van der Waals surface area contributed by atoms with Crippen molar-refractivity contribution in [3.05, 3.63) is 76.4 Å². The summed E-state index contributed by atoms with van der Waals surface area (Å²) in [6.07, 6.45) is 0. The zero-order valence-corrected chi connectivity index (χ0v) is 18.6. The molecule has 0 N–H and O–H groups in total. The lowest BCUT2D eigenvalue weighted by atomic mass is 9.85. The van der Waals surface area contributed by atoms with E-state index in [4.69, 9.17) is 4.66 Å². The Morgan fingerprint density at radius 2 is 1.30 bits per heavy atom. The van der Waals surface area contributed by atoms with E-state index in [1.54, 1.807) is 0 Å². The Balaban J connectivity index is 2.20. The predicted octanol–water partition coefficient (Wildman–Crippen LogP) is 6.35. The Hall–Kier alpha value is -2.37. The summed E-state index contributed by atoms with van der Waals surface area (Å²) in [5, 5.41) is 1.37. The SMILES string of the molecule is Cc1ccc(C#CC2=C(c3ccc(C)cc3)[Si](C)(C)N=C2C(C)(C)C)cc1. The van der Waals surface area contributed by atoms with Gasteiger partial charge < -0.3 is 4.66 Å². The number of hydrogen-bond donors (Lipinski definition) is 0. The summed E-state index contributed by atoms with van der Waals surface area (Å²) in [4.78, 5) is 0. The lowest BCUT2D eigenvalue weighted by Crippen LogP contribution is -2.24. The zero-order valence-electron chi connectivity index (χ0n) is 17.6. The standard InChI is InChI=1S/C25H29NSi/c1-18-8-12-20(13-9-18)14-17-22-23(21-15-10-19(2)11-16-21)27(6,7)26-24(22)25(3,4)5/h8-13,15-16H,1-7H3. The molecular formula is C25H29NSi. The fourth-order valence-corrected chi connectivity index (χ4v) is 6.25. The topological polar surface area (TPSA) is 12.4 Å². The maximum Gasteiger partial charge on any atom is 0.208 e. The van der Waals surface area contributed by atoms with Crippen LogP contribution in [0.5, 0.6) is 0 Å². The molecule has 2 aromatic rings. The Kier molecular flexibility index (Phi) is 5.01. The number of allylic oxidation sites excluding steroid dienone is 1. The number of hydrogen-bond acceptors (Lipinski definition) is 1. The molecule has 0 aliphatic carbocycles. The van der Waals surface area contributed by atoms with Gasteiger partial charge in [-0.25, -0.2) is 0 Å². The van der Waals surface area contributed by atoms with Crippen molar-refractivity contribution in [2.75, 3.05) is 0 Å². The first-order chi connectivity index (χ1) is 12.6. The van der Waals surface area contributed by atoms with Crippen molar-refractivity contribution in [3.8, 4) is 11.8 Å². The number of aryl methyl sites for hydroxylation is 2. The first-order valence-corrected chi connectivity index (χ1v) is 12.5. The van der Waals surface area contributed by atoms with Gasteiger partial charge in [-0.05, 0) is 49.8 Å². The van der Waals surface area contributed by atoms with Gasteiger partial charge in [-0.2, -0.15) is 0 Å². The van der Waals surface area contributed by atoms with Gasteiger partial charge in [0.1, 0.15) is 0 Å². The highest BCUT2D eigenvalue weighted by atomic mass is 28.3.